The maximum absolute atomic E-state index is 15.8. The number of hydrogen-bond acceptors (Lipinski definition) is 14. The fourth-order valence-electron chi connectivity index (χ4n) is 17.7. The topological polar surface area (TPSA) is 289 Å². The third kappa shape index (κ3) is 21.4. The van der Waals surface area contributed by atoms with Gasteiger partial charge < -0.3 is 69.5 Å². The number of hydrogen-bond donors (Lipinski definition) is 3. The van der Waals surface area contributed by atoms with E-state index in [1.807, 2.05) is 13.8 Å². The molecule has 2 unspecified atom stereocenters. The Bertz CT molecular complexity index is 3210. The number of rotatable bonds is 11. The van der Waals surface area contributed by atoms with Crippen LogP contribution in [-0.2, 0) is 67.0 Å². The summed E-state index contributed by atoms with van der Waals surface area (Å²) in [5.41, 5.74) is -1.81. The lowest BCUT2D eigenvalue weighted by Gasteiger charge is -2.44. The highest BCUT2D eigenvalue weighted by atomic mass is 19.4. The van der Waals surface area contributed by atoms with Crippen LogP contribution in [0.5, 0.6) is 0 Å². The first-order chi connectivity index (χ1) is 51.3. The maximum atomic E-state index is 15.8. The fraction of sp³-hybridized carbons (Fsp3) is 0.840. The first-order valence-electron chi connectivity index (χ1n) is 39.2. The van der Waals surface area contributed by atoms with Gasteiger partial charge >= 0.3 is 12.4 Å². The Morgan fingerprint density at radius 2 is 1.15 bits per heavy atom. The molecule has 11 atom stereocenters. The van der Waals surface area contributed by atoms with E-state index in [2.05, 4.69) is 16.0 Å². The normalized spacial score (nSPS) is 32.0. The summed E-state index contributed by atoms with van der Waals surface area (Å²) >= 11 is 0. The number of halogens is 8. The number of morpholine rings is 1. The van der Waals surface area contributed by atoms with Crippen LogP contribution < -0.4 is 16.0 Å². The van der Waals surface area contributed by atoms with Gasteiger partial charge in [0.2, 0.25) is 70.9 Å². The monoisotopic (exact) mass is 1560 g/mol. The molecule has 8 rings (SSSR count). The molecule has 5 heterocycles. The van der Waals surface area contributed by atoms with Gasteiger partial charge in [0.1, 0.15) is 72.1 Å². The third-order valence-corrected chi connectivity index (χ3v) is 24.6. The summed E-state index contributed by atoms with van der Waals surface area (Å²) in [6.45, 7) is 5.84. The summed E-state index contributed by atoms with van der Waals surface area (Å²) < 4.78 is 126. The second-order valence-electron chi connectivity index (χ2n) is 32.5. The van der Waals surface area contributed by atoms with E-state index in [0.29, 0.717) is 38.5 Å². The lowest BCUT2D eigenvalue weighted by atomic mass is 9.76. The molecule has 0 radical (unpaired) electrons. The number of nitrogens with one attached hydrogen (secondary N) is 3. The first kappa shape index (κ1) is 87.6. The van der Waals surface area contributed by atoms with Crippen molar-refractivity contribution in [2.75, 3.05) is 108 Å². The zero-order chi connectivity index (χ0) is 80.3. The Morgan fingerprint density at radius 3 is 1.74 bits per heavy atom. The summed E-state index contributed by atoms with van der Waals surface area (Å²) in [4.78, 5) is 193. The van der Waals surface area contributed by atoms with E-state index in [0.717, 1.165) is 24.5 Å². The maximum Gasteiger partial charge on any atom is 0.397 e. The van der Waals surface area contributed by atoms with Crippen LogP contribution in [0.15, 0.2) is 0 Å². The minimum absolute atomic E-state index is 0.00147. The number of alkyl halides is 8. The highest BCUT2D eigenvalue weighted by Gasteiger charge is 2.56. The predicted molar refractivity (Wildman–Crippen MR) is 381 cm³/mol. The number of amides is 12. The molecule has 109 heavy (non-hydrogen) atoms. The SMILES string of the molecule is CC[C@H](C)[C@@H]1NC(=O)[C@H](CC(C)C)N(C)C(=O)C[C@@H](C(=O)N2CCOCC2)N(C)C(=O)[C@H](C2CCCC2)N(C)C(=O)C2(CCOCC2)NC(=O)[C@@H]2CCCN2C(=O)[C@H](CCC2CC(F)C(C(F)(F)F)C(F)C2)NC(=O)CN(C)C(=O)[C@H](CC2CCC(C(F)(F)F)CC2)N2CCCC[C@@H](C2=O)N(C)C(=O)CN(C)C1=O. The minimum atomic E-state index is -5.21. The average Bonchev–Trinajstić information content (AvgIpc) is 1.69. The summed E-state index contributed by atoms with van der Waals surface area (Å²) in [7, 11) is 8.08. The Balaban J connectivity index is 1.20. The van der Waals surface area contributed by atoms with E-state index >= 15 is 47.1 Å². The molecule has 3 saturated carbocycles. The van der Waals surface area contributed by atoms with Gasteiger partial charge in [-0.1, -0.05) is 47.0 Å². The van der Waals surface area contributed by atoms with Crippen molar-refractivity contribution in [1.82, 2.24) is 60.0 Å². The lowest BCUT2D eigenvalue weighted by molar-refractivity contribution is -0.219. The predicted octanol–water partition coefficient (Wildman–Crippen LogP) is 5.57. The van der Waals surface area contributed by atoms with Crippen LogP contribution in [0.25, 0.3) is 0 Å². The number of carbonyl (C=O) groups is 12. The van der Waals surface area contributed by atoms with Gasteiger partial charge in [-0.15, -0.1) is 0 Å². The van der Waals surface area contributed by atoms with Gasteiger partial charge in [-0.05, 0) is 139 Å². The van der Waals surface area contributed by atoms with Crippen molar-refractivity contribution >= 4 is 70.9 Å². The van der Waals surface area contributed by atoms with Crippen molar-refractivity contribution in [3.63, 3.8) is 0 Å². The molecule has 26 nitrogen and oxygen atoms in total. The van der Waals surface area contributed by atoms with Crippen LogP contribution in [-0.4, -0.2) is 302 Å². The molecule has 1 spiro atoms. The highest BCUT2D eigenvalue weighted by Crippen LogP contribution is 2.45. The van der Waals surface area contributed by atoms with Crippen LogP contribution in [0.4, 0.5) is 35.1 Å². The van der Waals surface area contributed by atoms with Crippen molar-refractivity contribution in [2.45, 2.75) is 254 Å². The molecular weight excluding hydrogens is 1440 g/mol. The Kier molecular flexibility index (Phi) is 30.5. The molecule has 12 amide bonds. The second kappa shape index (κ2) is 38.0. The molecule has 5 aliphatic heterocycles. The molecule has 3 aliphatic carbocycles. The van der Waals surface area contributed by atoms with Crippen molar-refractivity contribution in [2.24, 2.45) is 41.4 Å². The van der Waals surface area contributed by atoms with Crippen LogP contribution in [0, 0.1) is 41.4 Å². The summed E-state index contributed by atoms with van der Waals surface area (Å²) in [5, 5.41) is 8.46. The molecule has 0 aromatic carbocycles. The average molecular weight is 1560 g/mol. The van der Waals surface area contributed by atoms with Crippen molar-refractivity contribution < 1.29 is 102 Å². The number of carbonyl (C=O) groups excluding carboxylic acids is 12. The summed E-state index contributed by atoms with van der Waals surface area (Å²) in [6, 6.07) is -11.2. The van der Waals surface area contributed by atoms with E-state index in [9.17, 15) is 45.5 Å². The van der Waals surface area contributed by atoms with Crippen LogP contribution in [0.2, 0.25) is 0 Å². The van der Waals surface area contributed by atoms with Gasteiger partial charge in [-0.2, -0.15) is 26.3 Å². The standard InChI is InChI=1S/C75H116F8N12O14/c1-11-45(4)62-70(105)88(6)43-60(98)89(7)54-19-14-15-29-95(69(54)104)57(40-46-21-24-49(25-22-46)74(78,79)80)67(102)87(5)42-58(96)84-52(26-23-47-38-50(76)61(51(77)39-47)75(81,82)83)66(101)94-30-16-20-53(94)65(100)86-73(27-33-108-34-28-73)72(107)92(10)63(48-17-12-13-18-48)71(106)91(9)56(68(103)93-31-35-109-36-32-93)41-59(97)90(8)55(37-44(2)3)64(99)85-62/h44-57,61-63H,11-43H2,1-10H3,(H,84,96)(H,85,99)(H,86,100)/t45-,46?,47?,49?,50?,51?,52-,53-,54-,55-,56-,57-,61?,62-,63-/m0/s1. The number of fused-ring (bicyclic) bond motifs is 3. The van der Waals surface area contributed by atoms with E-state index < -0.39 is 224 Å². The van der Waals surface area contributed by atoms with E-state index in [1.54, 1.807) is 13.8 Å². The van der Waals surface area contributed by atoms with Gasteiger partial charge in [-0.3, -0.25) is 57.5 Å². The molecule has 34 heteroatoms. The fourth-order valence-corrected chi connectivity index (χ4v) is 17.7. The van der Waals surface area contributed by atoms with Gasteiger partial charge in [0.15, 0.2) is 0 Å². The van der Waals surface area contributed by atoms with E-state index in [-0.39, 0.29) is 142 Å². The first-order valence-corrected chi connectivity index (χ1v) is 39.2. The van der Waals surface area contributed by atoms with Gasteiger partial charge in [0.05, 0.1) is 38.6 Å². The number of nitrogens with zero attached hydrogens (tertiary/aromatic N) is 9. The van der Waals surface area contributed by atoms with Gasteiger partial charge in [0, 0.05) is 94.5 Å². The smallest absolute Gasteiger partial charge is 0.381 e. The van der Waals surface area contributed by atoms with Crippen LogP contribution in [0.3, 0.4) is 0 Å². The quantitative estimate of drug-likeness (QED) is 0.213. The summed E-state index contributed by atoms with van der Waals surface area (Å²) in [5.74, 6) is -16.8. The van der Waals surface area contributed by atoms with Crippen molar-refractivity contribution in [3.8, 4) is 0 Å². The van der Waals surface area contributed by atoms with Gasteiger partial charge in [0.25, 0.3) is 0 Å². The molecule has 2 bridgehead atoms. The molecule has 3 N–H and O–H groups in total. The summed E-state index contributed by atoms with van der Waals surface area (Å²) in [6.07, 6.45) is -15.4. The minimum Gasteiger partial charge on any atom is -0.381 e. The second-order valence-corrected chi connectivity index (χ2v) is 32.5. The largest absolute Gasteiger partial charge is 0.397 e. The molecule has 616 valence electrons. The molecule has 8 aliphatic rings. The third-order valence-electron chi connectivity index (χ3n) is 24.6. The van der Waals surface area contributed by atoms with E-state index in [1.165, 1.54) is 61.9 Å². The molecule has 5 saturated heterocycles. The van der Waals surface area contributed by atoms with Crippen LogP contribution in [0.1, 0.15) is 175 Å². The zero-order valence-electron chi connectivity index (χ0n) is 64.9. The molecule has 8 fully saturated rings. The van der Waals surface area contributed by atoms with Crippen molar-refractivity contribution in [1.29, 1.82) is 0 Å². The number of likely N-dealkylation sites (N-methyl/N-ethyl adjacent to an activating group) is 6. The molecular formula is C75H116F8N12O14. The lowest BCUT2D eigenvalue weighted by Crippen LogP contribution is -2.67. The van der Waals surface area contributed by atoms with Crippen molar-refractivity contribution in [3.05, 3.63) is 0 Å². The Hall–Kier alpha value is -7.00. The zero-order valence-corrected chi connectivity index (χ0v) is 64.9. The van der Waals surface area contributed by atoms with E-state index in [4.69, 9.17) is 9.47 Å². The molecule has 0 aromatic heterocycles. The van der Waals surface area contributed by atoms with Gasteiger partial charge in [-0.25, -0.2) is 8.78 Å². The number of ether oxygens (including phenoxy) is 2. The Labute approximate surface area is 634 Å². The Morgan fingerprint density at radius 1 is 0.560 bits per heavy atom. The highest BCUT2D eigenvalue weighted by molar-refractivity contribution is 6.01. The van der Waals surface area contributed by atoms with Crippen LogP contribution >= 0.6 is 0 Å². The molecule has 0 aromatic rings.